The number of nitrogens with two attached hydrogens (primary N) is 1. The smallest absolute Gasteiger partial charge is 0.226 e. The van der Waals surface area contributed by atoms with Crippen molar-refractivity contribution in [3.05, 3.63) is 63.6 Å². The maximum atomic E-state index is 12.7. The fourth-order valence-electron chi connectivity index (χ4n) is 4.07. The van der Waals surface area contributed by atoms with Crippen molar-refractivity contribution < 1.29 is 9.53 Å². The Morgan fingerprint density at radius 3 is 2.69 bits per heavy atom. The maximum Gasteiger partial charge on any atom is 0.226 e. The number of hydrogen-bond acceptors (Lipinski definition) is 3. The van der Waals surface area contributed by atoms with Crippen LogP contribution in [0.4, 0.5) is 0 Å². The van der Waals surface area contributed by atoms with Gasteiger partial charge in [-0.05, 0) is 42.2 Å². The van der Waals surface area contributed by atoms with E-state index in [1.54, 1.807) is 0 Å². The van der Waals surface area contributed by atoms with Crippen molar-refractivity contribution in [3.8, 4) is 5.75 Å². The largest absolute Gasteiger partial charge is 0.492 e. The highest BCUT2D eigenvalue weighted by atomic mass is 79.9. The second kappa shape index (κ2) is 7.05. The molecule has 0 saturated carbocycles. The van der Waals surface area contributed by atoms with Gasteiger partial charge in [-0.15, -0.1) is 0 Å². The van der Waals surface area contributed by atoms with Gasteiger partial charge in [-0.2, -0.15) is 0 Å². The summed E-state index contributed by atoms with van der Waals surface area (Å²) in [5, 5.41) is 0. The SMILES string of the molecule is NCc1ccc2c(c1)C1(CCN(C(=O)Cc3cccc(Br)c3)CC1)CO2. The number of carbonyl (C=O) groups is 1. The molecule has 0 atom stereocenters. The van der Waals surface area contributed by atoms with Gasteiger partial charge in [0.25, 0.3) is 0 Å². The van der Waals surface area contributed by atoms with Crippen LogP contribution in [0.25, 0.3) is 0 Å². The van der Waals surface area contributed by atoms with Crippen LogP contribution in [0, 0.1) is 0 Å². The van der Waals surface area contributed by atoms with Gasteiger partial charge < -0.3 is 15.4 Å². The van der Waals surface area contributed by atoms with E-state index in [1.807, 2.05) is 41.3 Å². The van der Waals surface area contributed by atoms with Crippen molar-refractivity contribution in [1.82, 2.24) is 4.90 Å². The van der Waals surface area contributed by atoms with E-state index in [-0.39, 0.29) is 11.3 Å². The highest BCUT2D eigenvalue weighted by molar-refractivity contribution is 9.10. The molecule has 0 bridgehead atoms. The number of halogens is 1. The summed E-state index contributed by atoms with van der Waals surface area (Å²) in [6.07, 6.45) is 2.34. The van der Waals surface area contributed by atoms with Crippen molar-refractivity contribution in [2.75, 3.05) is 19.7 Å². The molecule has 2 N–H and O–H groups in total. The van der Waals surface area contributed by atoms with Crippen LogP contribution in [-0.2, 0) is 23.2 Å². The molecule has 136 valence electrons. The van der Waals surface area contributed by atoms with Gasteiger partial charge in [0.1, 0.15) is 5.75 Å². The molecule has 1 saturated heterocycles. The van der Waals surface area contributed by atoms with Gasteiger partial charge in [0.15, 0.2) is 0 Å². The number of hydrogen-bond donors (Lipinski definition) is 1. The first-order valence-electron chi connectivity index (χ1n) is 9.08. The van der Waals surface area contributed by atoms with E-state index < -0.39 is 0 Å². The van der Waals surface area contributed by atoms with Crippen LogP contribution in [0.3, 0.4) is 0 Å². The molecule has 2 aromatic carbocycles. The predicted molar refractivity (Wildman–Crippen MR) is 105 cm³/mol. The molecule has 0 aromatic heterocycles. The summed E-state index contributed by atoms with van der Waals surface area (Å²) >= 11 is 3.47. The fraction of sp³-hybridized carbons (Fsp3) is 0.381. The van der Waals surface area contributed by atoms with Gasteiger partial charge in [-0.25, -0.2) is 0 Å². The zero-order valence-electron chi connectivity index (χ0n) is 14.7. The van der Waals surface area contributed by atoms with Crippen molar-refractivity contribution in [1.29, 1.82) is 0 Å². The Morgan fingerprint density at radius 2 is 1.96 bits per heavy atom. The lowest BCUT2D eigenvalue weighted by atomic mass is 9.74. The van der Waals surface area contributed by atoms with Crippen LogP contribution in [0.2, 0.25) is 0 Å². The van der Waals surface area contributed by atoms with E-state index in [0.29, 0.717) is 19.6 Å². The molecule has 0 radical (unpaired) electrons. The third-order valence-corrected chi connectivity index (χ3v) is 6.17. The van der Waals surface area contributed by atoms with Crippen LogP contribution in [0.1, 0.15) is 29.5 Å². The van der Waals surface area contributed by atoms with Crippen LogP contribution in [0.5, 0.6) is 5.75 Å². The second-order valence-corrected chi connectivity index (χ2v) is 8.21. The molecule has 2 heterocycles. The lowest BCUT2D eigenvalue weighted by molar-refractivity contribution is -0.132. The number of piperidine rings is 1. The molecule has 5 heteroatoms. The summed E-state index contributed by atoms with van der Waals surface area (Å²) in [6.45, 7) is 2.82. The number of nitrogens with zero attached hydrogens (tertiary/aromatic N) is 1. The van der Waals surface area contributed by atoms with Crippen molar-refractivity contribution >= 4 is 21.8 Å². The van der Waals surface area contributed by atoms with Gasteiger partial charge in [0.05, 0.1) is 13.0 Å². The van der Waals surface area contributed by atoms with Crippen molar-refractivity contribution in [2.24, 2.45) is 5.73 Å². The Labute approximate surface area is 162 Å². The van der Waals surface area contributed by atoms with Crippen molar-refractivity contribution in [2.45, 2.75) is 31.2 Å². The van der Waals surface area contributed by atoms with Gasteiger partial charge in [0.2, 0.25) is 5.91 Å². The van der Waals surface area contributed by atoms with Crippen molar-refractivity contribution in [3.63, 3.8) is 0 Å². The maximum absolute atomic E-state index is 12.7. The Bertz CT molecular complexity index is 829. The lowest BCUT2D eigenvalue weighted by Crippen LogP contribution is -2.46. The van der Waals surface area contributed by atoms with E-state index in [9.17, 15) is 4.79 Å². The number of likely N-dealkylation sites (tertiary alicyclic amines) is 1. The molecule has 4 rings (SSSR count). The number of carbonyl (C=O) groups excluding carboxylic acids is 1. The van der Waals surface area contributed by atoms with Crippen LogP contribution in [-0.4, -0.2) is 30.5 Å². The fourth-order valence-corrected chi connectivity index (χ4v) is 4.52. The molecule has 0 unspecified atom stereocenters. The Hall–Kier alpha value is -1.85. The average Bonchev–Trinajstić information content (AvgIpc) is 3.00. The standard InChI is InChI=1S/C21H23BrN2O2/c22-17-3-1-2-15(10-17)12-20(25)24-8-6-21(7-9-24)14-26-19-5-4-16(13-23)11-18(19)21/h1-5,10-11H,6-9,12-14,23H2. The molecule has 0 aliphatic carbocycles. The zero-order chi connectivity index (χ0) is 18.1. The first-order valence-corrected chi connectivity index (χ1v) is 9.87. The lowest BCUT2D eigenvalue weighted by Gasteiger charge is -2.38. The zero-order valence-corrected chi connectivity index (χ0v) is 16.3. The average molecular weight is 415 g/mol. The molecule has 4 nitrogen and oxygen atoms in total. The van der Waals surface area contributed by atoms with E-state index >= 15 is 0 Å². The van der Waals surface area contributed by atoms with Gasteiger partial charge >= 0.3 is 0 Å². The summed E-state index contributed by atoms with van der Waals surface area (Å²) in [6, 6.07) is 14.2. The minimum atomic E-state index is 0.0348. The molecule has 2 aliphatic heterocycles. The first kappa shape index (κ1) is 17.6. The third kappa shape index (κ3) is 3.26. The van der Waals surface area contributed by atoms with Gasteiger partial charge in [-0.3, -0.25) is 4.79 Å². The Balaban J connectivity index is 1.44. The molecule has 1 fully saturated rings. The van der Waals surface area contributed by atoms with E-state index in [4.69, 9.17) is 10.5 Å². The summed E-state index contributed by atoms with van der Waals surface area (Å²) in [5.74, 6) is 1.18. The molecule has 2 aliphatic rings. The van der Waals surface area contributed by atoms with Gasteiger partial charge in [0, 0.05) is 35.1 Å². The number of ether oxygens (including phenoxy) is 1. The molecular weight excluding hydrogens is 392 g/mol. The molecular formula is C21H23BrN2O2. The number of rotatable bonds is 3. The van der Waals surface area contributed by atoms with Crippen LogP contribution in [0.15, 0.2) is 46.9 Å². The second-order valence-electron chi connectivity index (χ2n) is 7.29. The first-order chi connectivity index (χ1) is 12.6. The number of fused-ring (bicyclic) bond motifs is 2. The van der Waals surface area contributed by atoms with Gasteiger partial charge in [-0.1, -0.05) is 40.2 Å². The summed E-state index contributed by atoms with van der Waals surface area (Å²) < 4.78 is 6.96. The summed E-state index contributed by atoms with van der Waals surface area (Å²) in [7, 11) is 0. The molecule has 1 spiro atoms. The minimum absolute atomic E-state index is 0.0348. The molecule has 26 heavy (non-hydrogen) atoms. The number of benzene rings is 2. The highest BCUT2D eigenvalue weighted by Gasteiger charge is 2.43. The number of amides is 1. The van der Waals surface area contributed by atoms with Crippen LogP contribution < -0.4 is 10.5 Å². The minimum Gasteiger partial charge on any atom is -0.492 e. The molecule has 1 amide bonds. The quantitative estimate of drug-likeness (QED) is 0.836. The van der Waals surface area contributed by atoms with E-state index in [0.717, 1.165) is 47.3 Å². The summed E-state index contributed by atoms with van der Waals surface area (Å²) in [4.78, 5) is 14.7. The normalized spacial score (nSPS) is 17.8. The topological polar surface area (TPSA) is 55.6 Å². The third-order valence-electron chi connectivity index (χ3n) is 5.67. The monoisotopic (exact) mass is 414 g/mol. The van der Waals surface area contributed by atoms with Crippen LogP contribution >= 0.6 is 15.9 Å². The molecule has 2 aromatic rings. The summed E-state index contributed by atoms with van der Waals surface area (Å²) in [5.41, 5.74) is 9.31. The van der Waals surface area contributed by atoms with E-state index in [1.165, 1.54) is 5.56 Å². The predicted octanol–water partition coefficient (Wildman–Crippen LogP) is 3.40. The van der Waals surface area contributed by atoms with E-state index in [2.05, 4.69) is 22.0 Å². The Morgan fingerprint density at radius 1 is 1.15 bits per heavy atom. The highest BCUT2D eigenvalue weighted by Crippen LogP contribution is 2.45. The Kier molecular flexibility index (Phi) is 4.76.